The Morgan fingerprint density at radius 3 is 2.59 bits per heavy atom. The number of ether oxygens (including phenoxy) is 1. The number of nitrogens with one attached hydrogen (secondary N) is 2. The molecular weight excluding hydrogens is 477 g/mol. The summed E-state index contributed by atoms with van der Waals surface area (Å²) in [5.74, 6) is -4.16. The number of hydrogen-bond acceptors (Lipinski definition) is 7. The van der Waals surface area contributed by atoms with Gasteiger partial charge in [0.15, 0.2) is 16.4 Å². The minimum Gasteiger partial charge on any atom is -0.480 e. The number of carbonyl (C=O) groups is 1. The fraction of sp³-hybridized carbons (Fsp3) is 0.100. The monoisotopic (exact) mass is 492 g/mol. The Kier molecular flexibility index (Phi) is 5.83. The lowest BCUT2D eigenvalue weighted by Crippen LogP contribution is -2.18. The van der Waals surface area contributed by atoms with Crippen LogP contribution in [0, 0.1) is 17.5 Å². The van der Waals surface area contributed by atoms with Crippen LogP contribution in [-0.2, 0) is 10.0 Å². The number of benzene rings is 1. The lowest BCUT2D eigenvalue weighted by molar-refractivity contribution is 0.0960. The zero-order valence-electron chi connectivity index (χ0n) is 17.5. The van der Waals surface area contributed by atoms with Gasteiger partial charge in [-0.2, -0.15) is 0 Å². The van der Waals surface area contributed by atoms with Crippen molar-refractivity contribution in [1.82, 2.24) is 24.7 Å². The molecular formula is C20H15F3N6O4S. The number of nitrogens with zero attached hydrogens (tertiary/aromatic N) is 4. The van der Waals surface area contributed by atoms with E-state index in [-0.39, 0.29) is 16.9 Å². The predicted molar refractivity (Wildman–Crippen MR) is 113 cm³/mol. The van der Waals surface area contributed by atoms with Gasteiger partial charge >= 0.3 is 0 Å². The van der Waals surface area contributed by atoms with Crippen LogP contribution in [0.2, 0.25) is 0 Å². The van der Waals surface area contributed by atoms with Crippen LogP contribution in [0.25, 0.3) is 16.8 Å². The Morgan fingerprint density at radius 2 is 1.88 bits per heavy atom. The summed E-state index contributed by atoms with van der Waals surface area (Å²) >= 11 is 0. The first kappa shape index (κ1) is 23.0. The molecule has 2 N–H and O–H groups in total. The Labute approximate surface area is 190 Å². The molecule has 0 unspecified atom stereocenters. The van der Waals surface area contributed by atoms with E-state index < -0.39 is 55.4 Å². The fourth-order valence-electron chi connectivity index (χ4n) is 3.14. The highest BCUT2D eigenvalue weighted by atomic mass is 32.2. The molecule has 0 fully saturated rings. The average molecular weight is 492 g/mol. The van der Waals surface area contributed by atoms with Crippen LogP contribution in [0.3, 0.4) is 0 Å². The maximum atomic E-state index is 15.3. The highest BCUT2D eigenvalue weighted by Crippen LogP contribution is 2.32. The third kappa shape index (κ3) is 3.98. The summed E-state index contributed by atoms with van der Waals surface area (Å²) < 4.78 is 77.2. The van der Waals surface area contributed by atoms with Crippen molar-refractivity contribution in [3.63, 3.8) is 0 Å². The first-order chi connectivity index (χ1) is 16.2. The number of methoxy groups -OCH3 is 1. The topological polar surface area (TPSA) is 128 Å². The largest absolute Gasteiger partial charge is 0.480 e. The number of hydrogen-bond donors (Lipinski definition) is 2. The molecule has 0 aliphatic rings. The van der Waals surface area contributed by atoms with E-state index in [2.05, 4.69) is 20.3 Å². The summed E-state index contributed by atoms with van der Waals surface area (Å²) in [7, 11) is -2.03. The van der Waals surface area contributed by atoms with Crippen molar-refractivity contribution in [2.24, 2.45) is 0 Å². The molecule has 0 saturated heterocycles. The van der Waals surface area contributed by atoms with E-state index >= 15 is 4.39 Å². The molecule has 34 heavy (non-hydrogen) atoms. The summed E-state index contributed by atoms with van der Waals surface area (Å²) in [6, 6.07) is 2.35. The second kappa shape index (κ2) is 8.62. The molecule has 14 heteroatoms. The second-order valence-electron chi connectivity index (χ2n) is 6.79. The maximum Gasteiger partial charge on any atom is 0.271 e. The number of rotatable bonds is 6. The smallest absolute Gasteiger partial charge is 0.271 e. The summed E-state index contributed by atoms with van der Waals surface area (Å²) in [6.45, 7) is 0. The molecule has 3 aromatic heterocycles. The lowest BCUT2D eigenvalue weighted by Gasteiger charge is -2.13. The molecule has 0 bridgehead atoms. The molecule has 10 nitrogen and oxygen atoms in total. The number of pyridine rings is 1. The highest BCUT2D eigenvalue weighted by Gasteiger charge is 2.26. The van der Waals surface area contributed by atoms with Crippen LogP contribution in [0.5, 0.6) is 5.88 Å². The third-order valence-corrected chi connectivity index (χ3v) is 6.08. The average Bonchev–Trinajstić information content (AvgIpc) is 3.24. The van der Waals surface area contributed by atoms with Crippen molar-refractivity contribution < 1.29 is 31.1 Å². The summed E-state index contributed by atoms with van der Waals surface area (Å²) in [4.78, 5) is 22.7. The number of anilines is 1. The van der Waals surface area contributed by atoms with Gasteiger partial charge in [-0.1, -0.05) is 0 Å². The zero-order chi connectivity index (χ0) is 24.6. The second-order valence-corrected chi connectivity index (χ2v) is 8.44. The number of aromatic nitrogens is 4. The van der Waals surface area contributed by atoms with Gasteiger partial charge in [-0.25, -0.2) is 31.6 Å². The van der Waals surface area contributed by atoms with Crippen LogP contribution >= 0.6 is 0 Å². The molecule has 3 heterocycles. The van der Waals surface area contributed by atoms with E-state index in [1.165, 1.54) is 30.2 Å². The van der Waals surface area contributed by atoms with Gasteiger partial charge in [-0.15, -0.1) is 0 Å². The van der Waals surface area contributed by atoms with Crippen LogP contribution in [-0.4, -0.2) is 47.8 Å². The van der Waals surface area contributed by atoms with E-state index in [1.807, 2.05) is 4.72 Å². The predicted octanol–water partition coefficient (Wildman–Crippen LogP) is 2.38. The molecule has 1 amide bonds. The van der Waals surface area contributed by atoms with Gasteiger partial charge in [0, 0.05) is 19.3 Å². The van der Waals surface area contributed by atoms with Gasteiger partial charge < -0.3 is 14.5 Å². The SMILES string of the molecule is CNC(=O)c1ncn2cc(-c3c(F)ccc(NS(=O)(=O)c4cc(F)cnc4OC)c3F)ncc12. The minimum absolute atomic E-state index is 0.0571. The van der Waals surface area contributed by atoms with Crippen LogP contribution in [0.1, 0.15) is 10.5 Å². The van der Waals surface area contributed by atoms with Gasteiger partial charge in [0.1, 0.15) is 18.0 Å². The van der Waals surface area contributed by atoms with Crippen molar-refractivity contribution >= 4 is 27.1 Å². The highest BCUT2D eigenvalue weighted by molar-refractivity contribution is 7.92. The van der Waals surface area contributed by atoms with Gasteiger partial charge in [-0.05, 0) is 12.1 Å². The van der Waals surface area contributed by atoms with Crippen LogP contribution in [0.4, 0.5) is 18.9 Å². The standard InChI is InChI=1S/C20H15F3N6O4S/c1-24-19(30)18-14-7-25-13(8-29(14)9-27-18)16-11(22)3-4-12(17(16)23)28-34(31,32)15-5-10(21)6-26-20(15)33-2/h3-9,28H,1-2H3,(H,24,30). The van der Waals surface area contributed by atoms with E-state index in [9.17, 15) is 22.0 Å². The Balaban J connectivity index is 1.78. The zero-order valence-corrected chi connectivity index (χ0v) is 18.3. The molecule has 0 aliphatic carbocycles. The van der Waals surface area contributed by atoms with Crippen molar-refractivity contribution in [1.29, 1.82) is 0 Å². The molecule has 0 radical (unpaired) electrons. The quantitative estimate of drug-likeness (QED) is 0.423. The van der Waals surface area contributed by atoms with Gasteiger partial charge in [0.25, 0.3) is 15.9 Å². The minimum atomic E-state index is -4.58. The Bertz CT molecular complexity index is 1540. The number of sulfonamides is 1. The molecule has 0 atom stereocenters. The van der Waals surface area contributed by atoms with Crippen LogP contribution < -0.4 is 14.8 Å². The van der Waals surface area contributed by atoms with Crippen molar-refractivity contribution in [3.8, 4) is 17.1 Å². The summed E-state index contributed by atoms with van der Waals surface area (Å²) in [5, 5.41) is 2.41. The molecule has 1 aromatic carbocycles. The number of amides is 1. The van der Waals surface area contributed by atoms with Gasteiger partial charge in [0.2, 0.25) is 5.88 Å². The molecule has 0 saturated carbocycles. The van der Waals surface area contributed by atoms with Gasteiger partial charge in [-0.3, -0.25) is 14.5 Å². The van der Waals surface area contributed by atoms with Crippen molar-refractivity contribution in [2.75, 3.05) is 18.9 Å². The number of fused-ring (bicyclic) bond motifs is 1. The normalized spacial score (nSPS) is 11.4. The summed E-state index contributed by atoms with van der Waals surface area (Å²) in [5.41, 5.74) is -1.12. The van der Waals surface area contributed by atoms with E-state index in [4.69, 9.17) is 4.74 Å². The van der Waals surface area contributed by atoms with Crippen LogP contribution in [0.15, 0.2) is 48.0 Å². The molecule has 4 rings (SSSR count). The fourth-order valence-corrected chi connectivity index (χ4v) is 4.33. The maximum absolute atomic E-state index is 15.3. The molecule has 0 aliphatic heterocycles. The van der Waals surface area contributed by atoms with Gasteiger partial charge in [0.05, 0.1) is 42.0 Å². The Morgan fingerprint density at radius 1 is 1.12 bits per heavy atom. The van der Waals surface area contributed by atoms with E-state index in [1.54, 1.807) is 0 Å². The summed E-state index contributed by atoms with van der Waals surface area (Å²) in [6.07, 6.45) is 4.44. The Hall–Kier alpha value is -4.20. The molecule has 4 aromatic rings. The first-order valence-corrected chi connectivity index (χ1v) is 10.9. The number of carbonyl (C=O) groups excluding carboxylic acids is 1. The third-order valence-electron chi connectivity index (χ3n) is 4.72. The number of imidazole rings is 1. The van der Waals surface area contributed by atoms with E-state index in [0.717, 1.165) is 25.4 Å². The molecule has 0 spiro atoms. The van der Waals surface area contributed by atoms with E-state index in [0.29, 0.717) is 6.07 Å². The first-order valence-electron chi connectivity index (χ1n) is 9.41. The number of halogens is 3. The van der Waals surface area contributed by atoms with Crippen molar-refractivity contribution in [2.45, 2.75) is 4.90 Å². The van der Waals surface area contributed by atoms with Crippen molar-refractivity contribution in [3.05, 3.63) is 66.3 Å². The molecule has 176 valence electrons. The lowest BCUT2D eigenvalue weighted by atomic mass is 10.1.